The summed E-state index contributed by atoms with van der Waals surface area (Å²) in [6.07, 6.45) is 4.08. The Morgan fingerprint density at radius 3 is 2.62 bits per heavy atom. The molecular weight excluding hydrogens is 366 g/mol. The SMILES string of the molecule is O=C(c1ccc(NCCc2nccc(-c3ccccc3)n2)nc1)N1CCOCC1. The monoisotopic (exact) mass is 389 g/mol. The zero-order valence-electron chi connectivity index (χ0n) is 16.1. The van der Waals surface area contributed by atoms with Gasteiger partial charge < -0.3 is 15.0 Å². The Kier molecular flexibility index (Phi) is 6.07. The Hall–Kier alpha value is -3.32. The summed E-state index contributed by atoms with van der Waals surface area (Å²) in [6.45, 7) is 3.09. The molecule has 0 radical (unpaired) electrons. The molecule has 4 rings (SSSR count). The summed E-state index contributed by atoms with van der Waals surface area (Å²) in [6, 6.07) is 15.6. The minimum Gasteiger partial charge on any atom is -0.378 e. The molecule has 7 nitrogen and oxygen atoms in total. The van der Waals surface area contributed by atoms with Gasteiger partial charge >= 0.3 is 0 Å². The molecule has 1 aliphatic rings. The van der Waals surface area contributed by atoms with Gasteiger partial charge in [0.2, 0.25) is 0 Å². The average Bonchev–Trinajstić information content (AvgIpc) is 2.80. The van der Waals surface area contributed by atoms with Crippen LogP contribution >= 0.6 is 0 Å². The molecule has 7 heteroatoms. The van der Waals surface area contributed by atoms with Crippen LogP contribution in [0.4, 0.5) is 5.82 Å². The third-order valence-electron chi connectivity index (χ3n) is 4.74. The lowest BCUT2D eigenvalue weighted by molar-refractivity contribution is 0.0302. The van der Waals surface area contributed by atoms with Crippen molar-refractivity contribution in [3.63, 3.8) is 0 Å². The molecule has 0 saturated carbocycles. The van der Waals surface area contributed by atoms with Gasteiger partial charge in [-0.3, -0.25) is 4.79 Å². The fourth-order valence-electron chi connectivity index (χ4n) is 3.17. The van der Waals surface area contributed by atoms with Crippen LogP contribution in [0, 0.1) is 0 Å². The zero-order chi connectivity index (χ0) is 19.9. The number of hydrogen-bond acceptors (Lipinski definition) is 6. The number of hydrogen-bond donors (Lipinski definition) is 1. The number of nitrogens with zero attached hydrogens (tertiary/aromatic N) is 4. The number of anilines is 1. The molecule has 3 aromatic rings. The first-order valence-electron chi connectivity index (χ1n) is 9.74. The zero-order valence-corrected chi connectivity index (χ0v) is 16.1. The normalized spacial score (nSPS) is 13.9. The van der Waals surface area contributed by atoms with Crippen molar-refractivity contribution in [2.45, 2.75) is 6.42 Å². The van der Waals surface area contributed by atoms with Crippen LogP contribution in [0.15, 0.2) is 60.9 Å². The van der Waals surface area contributed by atoms with Crippen LogP contribution in [0.1, 0.15) is 16.2 Å². The van der Waals surface area contributed by atoms with Gasteiger partial charge in [-0.05, 0) is 18.2 Å². The van der Waals surface area contributed by atoms with E-state index in [1.54, 1.807) is 23.4 Å². The summed E-state index contributed by atoms with van der Waals surface area (Å²) >= 11 is 0. The number of nitrogens with one attached hydrogen (secondary N) is 1. The summed E-state index contributed by atoms with van der Waals surface area (Å²) < 4.78 is 5.29. The van der Waals surface area contributed by atoms with Gasteiger partial charge in [-0.2, -0.15) is 0 Å². The van der Waals surface area contributed by atoms with E-state index >= 15 is 0 Å². The number of rotatable bonds is 6. The molecular formula is C22H23N5O2. The predicted molar refractivity (Wildman–Crippen MR) is 111 cm³/mol. The maximum atomic E-state index is 12.5. The number of benzene rings is 1. The molecule has 1 N–H and O–H groups in total. The van der Waals surface area contributed by atoms with E-state index in [0.29, 0.717) is 44.8 Å². The van der Waals surface area contributed by atoms with Crippen molar-refractivity contribution in [3.8, 4) is 11.3 Å². The van der Waals surface area contributed by atoms with Crippen molar-refractivity contribution >= 4 is 11.7 Å². The fraction of sp³-hybridized carbons (Fsp3) is 0.273. The molecule has 0 atom stereocenters. The molecule has 0 bridgehead atoms. The maximum absolute atomic E-state index is 12.5. The molecule has 29 heavy (non-hydrogen) atoms. The second-order valence-corrected chi connectivity index (χ2v) is 6.74. The standard InChI is InChI=1S/C22H23N5O2/c28-22(27-12-14-29-15-13-27)18-6-7-20(25-16-18)23-11-9-21-24-10-8-19(26-21)17-4-2-1-3-5-17/h1-8,10,16H,9,11-15H2,(H,23,25). The van der Waals surface area contributed by atoms with Crippen molar-refractivity contribution in [1.29, 1.82) is 0 Å². The van der Waals surface area contributed by atoms with Crippen LogP contribution < -0.4 is 5.32 Å². The highest BCUT2D eigenvalue weighted by molar-refractivity contribution is 5.94. The smallest absolute Gasteiger partial charge is 0.255 e. The lowest BCUT2D eigenvalue weighted by atomic mass is 10.1. The van der Waals surface area contributed by atoms with E-state index in [2.05, 4.69) is 20.3 Å². The molecule has 1 aromatic carbocycles. The van der Waals surface area contributed by atoms with E-state index in [-0.39, 0.29) is 5.91 Å². The highest BCUT2D eigenvalue weighted by Crippen LogP contribution is 2.15. The summed E-state index contributed by atoms with van der Waals surface area (Å²) in [4.78, 5) is 27.6. The van der Waals surface area contributed by atoms with Crippen LogP contribution in [0.2, 0.25) is 0 Å². The van der Waals surface area contributed by atoms with Gasteiger partial charge in [-0.25, -0.2) is 15.0 Å². The van der Waals surface area contributed by atoms with Gasteiger partial charge in [0.1, 0.15) is 11.6 Å². The molecule has 1 saturated heterocycles. The molecule has 1 amide bonds. The first-order valence-corrected chi connectivity index (χ1v) is 9.74. The number of aromatic nitrogens is 3. The second-order valence-electron chi connectivity index (χ2n) is 6.74. The Balaban J connectivity index is 1.31. The van der Waals surface area contributed by atoms with Gasteiger partial charge in [0.05, 0.1) is 24.5 Å². The van der Waals surface area contributed by atoms with Crippen LogP contribution in [0.25, 0.3) is 11.3 Å². The fourth-order valence-corrected chi connectivity index (χ4v) is 3.17. The number of amides is 1. The third-order valence-corrected chi connectivity index (χ3v) is 4.74. The van der Waals surface area contributed by atoms with E-state index < -0.39 is 0 Å². The van der Waals surface area contributed by atoms with Crippen molar-refractivity contribution in [2.24, 2.45) is 0 Å². The van der Waals surface area contributed by atoms with Gasteiger partial charge in [0.25, 0.3) is 5.91 Å². The van der Waals surface area contributed by atoms with Crippen molar-refractivity contribution in [1.82, 2.24) is 19.9 Å². The Morgan fingerprint density at radius 1 is 1.03 bits per heavy atom. The first kappa shape index (κ1) is 19.0. The lowest BCUT2D eigenvalue weighted by Gasteiger charge is -2.26. The molecule has 1 aliphatic heterocycles. The van der Waals surface area contributed by atoms with Crippen LogP contribution in [-0.4, -0.2) is 58.6 Å². The Bertz CT molecular complexity index is 941. The molecule has 0 unspecified atom stereocenters. The van der Waals surface area contributed by atoms with E-state index in [1.807, 2.05) is 42.5 Å². The molecule has 2 aromatic heterocycles. The maximum Gasteiger partial charge on any atom is 0.255 e. The van der Waals surface area contributed by atoms with Gasteiger partial charge in [-0.15, -0.1) is 0 Å². The number of pyridine rings is 1. The summed E-state index contributed by atoms with van der Waals surface area (Å²) in [5.74, 6) is 1.50. The third kappa shape index (κ3) is 4.94. The summed E-state index contributed by atoms with van der Waals surface area (Å²) in [5, 5.41) is 3.26. The Morgan fingerprint density at radius 2 is 1.86 bits per heavy atom. The van der Waals surface area contributed by atoms with Crippen molar-refractivity contribution < 1.29 is 9.53 Å². The van der Waals surface area contributed by atoms with Crippen LogP contribution in [0.5, 0.6) is 0 Å². The minimum atomic E-state index is -0.00141. The van der Waals surface area contributed by atoms with Crippen LogP contribution in [0.3, 0.4) is 0 Å². The highest BCUT2D eigenvalue weighted by atomic mass is 16.5. The lowest BCUT2D eigenvalue weighted by Crippen LogP contribution is -2.40. The quantitative estimate of drug-likeness (QED) is 0.698. The number of carbonyl (C=O) groups is 1. The highest BCUT2D eigenvalue weighted by Gasteiger charge is 2.18. The number of ether oxygens (including phenoxy) is 1. The molecule has 148 valence electrons. The van der Waals surface area contributed by atoms with E-state index in [0.717, 1.165) is 22.9 Å². The molecule has 0 spiro atoms. The molecule has 3 heterocycles. The van der Waals surface area contributed by atoms with E-state index in [1.165, 1.54) is 0 Å². The largest absolute Gasteiger partial charge is 0.378 e. The van der Waals surface area contributed by atoms with Gasteiger partial charge in [0.15, 0.2) is 0 Å². The summed E-state index contributed by atoms with van der Waals surface area (Å²) in [7, 11) is 0. The second kappa shape index (κ2) is 9.25. The van der Waals surface area contributed by atoms with E-state index in [9.17, 15) is 4.79 Å². The first-order chi connectivity index (χ1) is 14.3. The van der Waals surface area contributed by atoms with Crippen molar-refractivity contribution in [2.75, 3.05) is 38.2 Å². The minimum absolute atomic E-state index is 0.00141. The van der Waals surface area contributed by atoms with Gasteiger partial charge in [-0.1, -0.05) is 30.3 Å². The van der Waals surface area contributed by atoms with E-state index in [4.69, 9.17) is 4.74 Å². The van der Waals surface area contributed by atoms with Gasteiger partial charge in [0, 0.05) is 44.0 Å². The Labute approximate surface area is 169 Å². The molecule has 1 fully saturated rings. The summed E-state index contributed by atoms with van der Waals surface area (Å²) in [5.41, 5.74) is 2.59. The van der Waals surface area contributed by atoms with Crippen LogP contribution in [-0.2, 0) is 11.2 Å². The number of carbonyl (C=O) groups excluding carboxylic acids is 1. The predicted octanol–water partition coefficient (Wildman–Crippen LogP) is 2.67. The molecule has 0 aliphatic carbocycles. The number of morpholine rings is 1. The van der Waals surface area contributed by atoms with Crippen molar-refractivity contribution in [3.05, 3.63) is 72.3 Å². The topological polar surface area (TPSA) is 80.2 Å². The average molecular weight is 389 g/mol.